The van der Waals surface area contributed by atoms with Gasteiger partial charge in [-0.2, -0.15) is 0 Å². The Labute approximate surface area is 112 Å². The molecular weight excluding hydrogens is 248 g/mol. The fourth-order valence-corrected chi connectivity index (χ4v) is 3.09. The SMILES string of the molecule is CCC(C)(C)C(=O)OCC1C2CC3C(=O)OC1C3O2. The highest BCUT2D eigenvalue weighted by atomic mass is 16.6. The summed E-state index contributed by atoms with van der Waals surface area (Å²) in [7, 11) is 0. The zero-order chi connectivity index (χ0) is 13.8. The van der Waals surface area contributed by atoms with E-state index in [2.05, 4.69) is 0 Å². The van der Waals surface area contributed by atoms with E-state index in [1.165, 1.54) is 0 Å². The van der Waals surface area contributed by atoms with Gasteiger partial charge in [-0.3, -0.25) is 9.59 Å². The van der Waals surface area contributed by atoms with E-state index in [0.29, 0.717) is 6.42 Å². The number of hydrogen-bond acceptors (Lipinski definition) is 5. The lowest BCUT2D eigenvalue weighted by atomic mass is 9.82. The Morgan fingerprint density at radius 2 is 2.16 bits per heavy atom. The van der Waals surface area contributed by atoms with Gasteiger partial charge in [-0.25, -0.2) is 0 Å². The molecule has 19 heavy (non-hydrogen) atoms. The molecular formula is C14H20O5. The standard InChI is InChI=1S/C14H20O5/c1-4-14(2,3)13(16)17-6-8-9-5-7-10(18-9)11(8)19-12(7)15/h7-11H,4-6H2,1-3H3. The second-order valence-corrected chi connectivity index (χ2v) is 6.38. The molecule has 3 fully saturated rings. The topological polar surface area (TPSA) is 61.8 Å². The van der Waals surface area contributed by atoms with Gasteiger partial charge in [0.15, 0.2) is 0 Å². The molecule has 3 rings (SSSR count). The van der Waals surface area contributed by atoms with Crippen molar-refractivity contribution in [2.24, 2.45) is 17.3 Å². The largest absolute Gasteiger partial charge is 0.465 e. The predicted molar refractivity (Wildman–Crippen MR) is 65.2 cm³/mol. The number of hydrogen-bond donors (Lipinski definition) is 0. The van der Waals surface area contributed by atoms with Crippen LogP contribution in [0.1, 0.15) is 33.6 Å². The van der Waals surface area contributed by atoms with Gasteiger partial charge in [0.25, 0.3) is 0 Å². The Balaban J connectivity index is 1.61. The van der Waals surface area contributed by atoms with Crippen LogP contribution in [-0.4, -0.2) is 36.9 Å². The van der Waals surface area contributed by atoms with Gasteiger partial charge in [0.05, 0.1) is 23.4 Å². The third-order valence-electron chi connectivity index (χ3n) is 4.84. The van der Waals surface area contributed by atoms with Crippen LogP contribution >= 0.6 is 0 Å². The third kappa shape index (κ3) is 1.86. The lowest BCUT2D eigenvalue weighted by molar-refractivity contribution is -0.157. The molecule has 0 aliphatic carbocycles. The van der Waals surface area contributed by atoms with Crippen molar-refractivity contribution in [3.05, 3.63) is 0 Å². The predicted octanol–water partition coefficient (Wildman–Crippen LogP) is 1.29. The van der Waals surface area contributed by atoms with Crippen LogP contribution in [0.25, 0.3) is 0 Å². The van der Waals surface area contributed by atoms with Crippen LogP contribution in [0.15, 0.2) is 0 Å². The summed E-state index contributed by atoms with van der Waals surface area (Å²) in [4.78, 5) is 23.5. The van der Waals surface area contributed by atoms with Gasteiger partial charge in [-0.05, 0) is 26.7 Å². The van der Waals surface area contributed by atoms with Crippen LogP contribution in [-0.2, 0) is 23.8 Å². The second kappa shape index (κ2) is 4.20. The van der Waals surface area contributed by atoms with Crippen LogP contribution in [0.4, 0.5) is 0 Å². The maximum Gasteiger partial charge on any atom is 0.312 e. The molecule has 5 atom stereocenters. The molecule has 0 amide bonds. The maximum atomic E-state index is 12.0. The maximum absolute atomic E-state index is 12.0. The minimum absolute atomic E-state index is 0.00369. The number of carbonyl (C=O) groups is 2. The molecule has 106 valence electrons. The van der Waals surface area contributed by atoms with Crippen molar-refractivity contribution in [2.45, 2.75) is 51.9 Å². The van der Waals surface area contributed by atoms with Crippen molar-refractivity contribution in [1.82, 2.24) is 0 Å². The minimum atomic E-state index is -0.465. The Bertz CT molecular complexity index is 416. The molecule has 3 aliphatic rings. The Morgan fingerprint density at radius 1 is 1.42 bits per heavy atom. The normalized spacial score (nSPS) is 39.5. The van der Waals surface area contributed by atoms with Gasteiger partial charge in [-0.15, -0.1) is 0 Å². The molecule has 0 aromatic heterocycles. The molecule has 5 nitrogen and oxygen atoms in total. The Kier molecular flexibility index (Phi) is 2.85. The number of carbonyl (C=O) groups excluding carboxylic acids is 2. The van der Waals surface area contributed by atoms with Gasteiger partial charge < -0.3 is 14.2 Å². The van der Waals surface area contributed by atoms with Crippen LogP contribution in [0.5, 0.6) is 0 Å². The number of fused-ring (bicyclic) bond motifs is 1. The molecule has 3 saturated heterocycles. The number of ether oxygens (including phenoxy) is 3. The van der Waals surface area contributed by atoms with Crippen molar-refractivity contribution < 1.29 is 23.8 Å². The fraction of sp³-hybridized carbons (Fsp3) is 0.857. The lowest BCUT2D eigenvalue weighted by Crippen LogP contribution is -2.37. The number of esters is 2. The number of rotatable bonds is 4. The molecule has 3 aliphatic heterocycles. The van der Waals surface area contributed by atoms with Crippen LogP contribution in [0.2, 0.25) is 0 Å². The smallest absolute Gasteiger partial charge is 0.312 e. The fourth-order valence-electron chi connectivity index (χ4n) is 3.09. The van der Waals surface area contributed by atoms with E-state index in [-0.39, 0.29) is 48.7 Å². The van der Waals surface area contributed by atoms with Gasteiger partial charge in [0.2, 0.25) is 0 Å². The van der Waals surface area contributed by atoms with E-state index in [0.717, 1.165) is 6.42 Å². The van der Waals surface area contributed by atoms with Crippen molar-refractivity contribution in [1.29, 1.82) is 0 Å². The molecule has 0 N–H and O–H groups in total. The monoisotopic (exact) mass is 268 g/mol. The summed E-state index contributed by atoms with van der Waals surface area (Å²) in [5, 5.41) is 0. The Hall–Kier alpha value is -1.10. The van der Waals surface area contributed by atoms with E-state index >= 15 is 0 Å². The van der Waals surface area contributed by atoms with Crippen molar-refractivity contribution in [3.63, 3.8) is 0 Å². The Morgan fingerprint density at radius 3 is 2.84 bits per heavy atom. The summed E-state index contributed by atoms with van der Waals surface area (Å²) < 4.78 is 16.5. The first kappa shape index (κ1) is 12.9. The summed E-state index contributed by atoms with van der Waals surface area (Å²) in [6.45, 7) is 6.00. The van der Waals surface area contributed by atoms with E-state index in [1.807, 2.05) is 20.8 Å². The first-order valence-corrected chi connectivity index (χ1v) is 6.97. The van der Waals surface area contributed by atoms with Gasteiger partial charge in [0, 0.05) is 0 Å². The highest BCUT2D eigenvalue weighted by Gasteiger charge is 2.63. The summed E-state index contributed by atoms with van der Waals surface area (Å²) in [5.41, 5.74) is -0.465. The highest BCUT2D eigenvalue weighted by molar-refractivity contribution is 5.77. The van der Waals surface area contributed by atoms with E-state index in [1.54, 1.807) is 0 Å². The van der Waals surface area contributed by atoms with Crippen LogP contribution < -0.4 is 0 Å². The zero-order valence-corrected chi connectivity index (χ0v) is 11.5. The summed E-state index contributed by atoms with van der Waals surface area (Å²) in [6, 6.07) is 0. The first-order valence-electron chi connectivity index (χ1n) is 6.97. The zero-order valence-electron chi connectivity index (χ0n) is 11.5. The molecule has 3 heterocycles. The molecule has 0 radical (unpaired) electrons. The van der Waals surface area contributed by atoms with Crippen LogP contribution in [0, 0.1) is 17.3 Å². The van der Waals surface area contributed by atoms with Crippen molar-refractivity contribution >= 4 is 11.9 Å². The van der Waals surface area contributed by atoms with E-state index in [9.17, 15) is 9.59 Å². The third-order valence-corrected chi connectivity index (χ3v) is 4.84. The van der Waals surface area contributed by atoms with Crippen molar-refractivity contribution in [3.8, 4) is 0 Å². The second-order valence-electron chi connectivity index (χ2n) is 6.38. The summed E-state index contributed by atoms with van der Waals surface area (Å²) >= 11 is 0. The van der Waals surface area contributed by atoms with E-state index < -0.39 is 5.41 Å². The highest BCUT2D eigenvalue weighted by Crippen LogP contribution is 2.49. The first-order chi connectivity index (χ1) is 8.94. The quantitative estimate of drug-likeness (QED) is 0.719. The van der Waals surface area contributed by atoms with Crippen LogP contribution in [0.3, 0.4) is 0 Å². The summed E-state index contributed by atoms with van der Waals surface area (Å²) in [6.07, 6.45) is 1.12. The molecule has 0 aromatic carbocycles. The van der Waals surface area contributed by atoms with Gasteiger partial charge in [0.1, 0.15) is 18.8 Å². The van der Waals surface area contributed by atoms with Crippen molar-refractivity contribution in [2.75, 3.05) is 6.61 Å². The average Bonchev–Trinajstić information content (AvgIpc) is 2.98. The van der Waals surface area contributed by atoms with Gasteiger partial charge >= 0.3 is 11.9 Å². The molecule has 5 heteroatoms. The molecule has 0 spiro atoms. The summed E-state index contributed by atoms with van der Waals surface area (Å²) in [5.74, 6) is -0.433. The minimum Gasteiger partial charge on any atom is -0.465 e. The molecule has 0 saturated carbocycles. The molecule has 2 bridgehead atoms. The van der Waals surface area contributed by atoms with E-state index in [4.69, 9.17) is 14.2 Å². The average molecular weight is 268 g/mol. The van der Waals surface area contributed by atoms with Gasteiger partial charge in [-0.1, -0.05) is 6.92 Å². The molecule has 0 aromatic rings. The molecule has 5 unspecified atom stereocenters. The lowest BCUT2D eigenvalue weighted by Gasteiger charge is -2.25.